The van der Waals surface area contributed by atoms with Gasteiger partial charge in [-0.05, 0) is 60.1 Å². The summed E-state index contributed by atoms with van der Waals surface area (Å²) < 4.78 is 11.3. The number of anilines is 1. The summed E-state index contributed by atoms with van der Waals surface area (Å²) >= 11 is 0. The summed E-state index contributed by atoms with van der Waals surface area (Å²) in [5.41, 5.74) is 5.38. The predicted molar refractivity (Wildman–Crippen MR) is 127 cm³/mol. The Balaban J connectivity index is 1.23. The molecule has 0 radical (unpaired) electrons. The molecule has 0 spiro atoms. The van der Waals surface area contributed by atoms with Gasteiger partial charge in [0.05, 0.1) is 13.3 Å². The van der Waals surface area contributed by atoms with Gasteiger partial charge in [-0.1, -0.05) is 12.1 Å². The van der Waals surface area contributed by atoms with E-state index in [9.17, 15) is 0 Å². The van der Waals surface area contributed by atoms with Crippen LogP contribution in [0.2, 0.25) is 0 Å². The van der Waals surface area contributed by atoms with Crippen molar-refractivity contribution in [2.24, 2.45) is 0 Å². The molecule has 32 heavy (non-hydrogen) atoms. The average Bonchev–Trinajstić information content (AvgIpc) is 2.83. The van der Waals surface area contributed by atoms with Crippen LogP contribution in [0.25, 0.3) is 22.3 Å². The highest BCUT2D eigenvalue weighted by Crippen LogP contribution is 2.39. The summed E-state index contributed by atoms with van der Waals surface area (Å²) in [6, 6.07) is 14.3. The van der Waals surface area contributed by atoms with Gasteiger partial charge >= 0.3 is 0 Å². The van der Waals surface area contributed by atoms with Crippen LogP contribution >= 0.6 is 8.58 Å². The van der Waals surface area contributed by atoms with Gasteiger partial charge < -0.3 is 20.1 Å². The number of nitrogens with one attached hydrogen (secondary N) is 2. The highest BCUT2D eigenvalue weighted by atomic mass is 31.1. The van der Waals surface area contributed by atoms with Crippen molar-refractivity contribution in [1.29, 1.82) is 0 Å². The fourth-order valence-corrected chi connectivity index (χ4v) is 6.47. The van der Waals surface area contributed by atoms with Crippen LogP contribution < -0.4 is 20.1 Å². The number of hydrogen-bond donors (Lipinski definition) is 2. The van der Waals surface area contributed by atoms with E-state index in [0.29, 0.717) is 36.5 Å². The number of aromatic nitrogens is 3. The van der Waals surface area contributed by atoms with E-state index in [4.69, 9.17) is 14.5 Å². The molecule has 3 aromatic rings. The molecule has 0 unspecified atom stereocenters. The largest absolute Gasteiger partial charge is 0.480 e. The first-order valence-electron chi connectivity index (χ1n) is 11.1. The minimum absolute atomic E-state index is 0.478. The minimum atomic E-state index is 0.478. The lowest BCUT2D eigenvalue weighted by Crippen LogP contribution is -2.54. The summed E-state index contributed by atoms with van der Waals surface area (Å²) in [5, 5.41) is 15.4. The van der Waals surface area contributed by atoms with Gasteiger partial charge in [-0.15, -0.1) is 13.7 Å². The molecule has 2 fully saturated rings. The average molecular weight is 447 g/mol. The number of rotatable bonds is 4. The summed E-state index contributed by atoms with van der Waals surface area (Å²) in [6.07, 6.45) is 6.72. The molecule has 6 rings (SSSR count). The van der Waals surface area contributed by atoms with E-state index in [1.807, 2.05) is 6.07 Å². The second kappa shape index (κ2) is 8.30. The van der Waals surface area contributed by atoms with Crippen molar-refractivity contribution in [1.82, 2.24) is 20.5 Å². The number of ether oxygens (including phenoxy) is 2. The van der Waals surface area contributed by atoms with Crippen LogP contribution in [0.15, 0.2) is 42.6 Å². The number of pyridine rings is 1. The Morgan fingerprint density at radius 1 is 1.06 bits per heavy atom. The molecule has 0 saturated carbocycles. The number of hydrogen-bond acceptors (Lipinski definition) is 7. The first-order chi connectivity index (χ1) is 15.7. The van der Waals surface area contributed by atoms with Crippen LogP contribution in [-0.4, -0.2) is 52.7 Å². The maximum Gasteiger partial charge on any atom is 0.233 e. The molecule has 164 valence electrons. The Labute approximate surface area is 189 Å². The maximum atomic E-state index is 6.08. The Hall–Kier alpha value is -2.76. The van der Waals surface area contributed by atoms with Crippen LogP contribution in [0.4, 0.5) is 5.82 Å². The first-order valence-corrected chi connectivity index (χ1v) is 12.5. The van der Waals surface area contributed by atoms with Gasteiger partial charge in [-0.25, -0.2) is 0 Å². The number of fused-ring (bicyclic) bond motifs is 5. The molecule has 0 aliphatic carbocycles. The van der Waals surface area contributed by atoms with Crippen molar-refractivity contribution < 1.29 is 9.47 Å². The van der Waals surface area contributed by atoms with Gasteiger partial charge in [0.15, 0.2) is 0 Å². The molecule has 5 heterocycles. The molecule has 2 atom stereocenters. The molecule has 2 N–H and O–H groups in total. The summed E-state index contributed by atoms with van der Waals surface area (Å²) in [7, 11) is 2.71. The van der Waals surface area contributed by atoms with Gasteiger partial charge in [0.25, 0.3) is 0 Å². The van der Waals surface area contributed by atoms with Crippen molar-refractivity contribution in [3.05, 3.63) is 48.2 Å². The van der Waals surface area contributed by atoms with Crippen LogP contribution in [-0.2, 0) is 6.61 Å². The van der Waals surface area contributed by atoms with E-state index in [0.717, 1.165) is 36.7 Å². The molecule has 2 saturated heterocycles. The third-order valence-corrected chi connectivity index (χ3v) is 8.10. The zero-order chi connectivity index (χ0) is 21.5. The first kappa shape index (κ1) is 19.9. The third kappa shape index (κ3) is 3.80. The quantitative estimate of drug-likeness (QED) is 0.591. The summed E-state index contributed by atoms with van der Waals surface area (Å²) in [4.78, 5) is 4.82. The Morgan fingerprint density at radius 3 is 2.75 bits per heavy atom. The van der Waals surface area contributed by atoms with Crippen LogP contribution in [0.3, 0.4) is 0 Å². The van der Waals surface area contributed by atoms with Crippen molar-refractivity contribution >= 4 is 14.4 Å². The molecule has 3 aliphatic rings. The fourth-order valence-electron chi connectivity index (χ4n) is 5.04. The number of nitrogens with zero attached hydrogens (tertiary/aromatic N) is 3. The second-order valence-corrected chi connectivity index (χ2v) is 10.0. The van der Waals surface area contributed by atoms with Crippen LogP contribution in [0.1, 0.15) is 18.4 Å². The normalized spacial score (nSPS) is 24.2. The fraction of sp³-hybridized carbons (Fsp3) is 0.375. The van der Waals surface area contributed by atoms with Gasteiger partial charge in [0.1, 0.15) is 12.4 Å². The van der Waals surface area contributed by atoms with Gasteiger partial charge in [0.2, 0.25) is 11.8 Å². The number of methoxy groups -OCH3 is 1. The van der Waals surface area contributed by atoms with E-state index in [1.165, 1.54) is 30.7 Å². The standard InChI is InChI=1S/C24H26N5O2P/c1-30-23-7-15(10-25-29-23)14-2-3-20-16(6-14)11-31-24-21(20)4-5-22(28-24)27-17-8-18-12-32-13-19(9-17)26-18/h2-7,10,17-19,26,32H,8-9,11-13H2,1H3,(H,27,28)/t18-,19-/m0/s1. The van der Waals surface area contributed by atoms with E-state index in [-0.39, 0.29) is 0 Å². The lowest BCUT2D eigenvalue weighted by atomic mass is 9.94. The lowest BCUT2D eigenvalue weighted by Gasteiger charge is -2.40. The maximum absolute atomic E-state index is 6.08. The zero-order valence-electron chi connectivity index (χ0n) is 18.0. The molecular weight excluding hydrogens is 421 g/mol. The van der Waals surface area contributed by atoms with Crippen molar-refractivity contribution in [3.63, 3.8) is 0 Å². The summed E-state index contributed by atoms with van der Waals surface area (Å²) in [5.74, 6) is 2.12. The van der Waals surface area contributed by atoms with E-state index >= 15 is 0 Å². The molecule has 8 heteroatoms. The number of piperidine rings is 1. The zero-order valence-corrected chi connectivity index (χ0v) is 19.0. The molecule has 2 aromatic heterocycles. The van der Waals surface area contributed by atoms with E-state index in [2.05, 4.69) is 51.2 Å². The summed E-state index contributed by atoms with van der Waals surface area (Å²) in [6.45, 7) is 0.501. The van der Waals surface area contributed by atoms with E-state index in [1.54, 1.807) is 13.3 Å². The third-order valence-electron chi connectivity index (χ3n) is 6.54. The molecular formula is C24H26N5O2P. The molecule has 3 aliphatic heterocycles. The van der Waals surface area contributed by atoms with Gasteiger partial charge in [-0.3, -0.25) is 0 Å². The highest BCUT2D eigenvalue weighted by molar-refractivity contribution is 7.38. The second-order valence-electron chi connectivity index (χ2n) is 8.73. The number of benzene rings is 1. The SMILES string of the molecule is COc1cc(-c2ccc3c(c2)COc2nc(NC4C[C@H]5CPC[C@H](C4)N5)ccc2-3)cnn1. The molecule has 7 nitrogen and oxygen atoms in total. The van der Waals surface area contributed by atoms with Crippen LogP contribution in [0, 0.1) is 0 Å². The topological polar surface area (TPSA) is 81.2 Å². The highest BCUT2D eigenvalue weighted by Gasteiger charge is 2.31. The Morgan fingerprint density at radius 2 is 1.91 bits per heavy atom. The van der Waals surface area contributed by atoms with Crippen molar-refractivity contribution in [2.75, 3.05) is 24.8 Å². The molecule has 1 aromatic carbocycles. The molecule has 2 bridgehead atoms. The van der Waals surface area contributed by atoms with Gasteiger partial charge in [0, 0.05) is 35.3 Å². The van der Waals surface area contributed by atoms with Gasteiger partial charge in [-0.2, -0.15) is 10.1 Å². The Kier molecular flexibility index (Phi) is 5.16. The lowest BCUT2D eigenvalue weighted by molar-refractivity contribution is 0.290. The smallest absolute Gasteiger partial charge is 0.233 e. The van der Waals surface area contributed by atoms with Crippen molar-refractivity contribution in [2.45, 2.75) is 37.6 Å². The monoisotopic (exact) mass is 447 g/mol. The predicted octanol–water partition coefficient (Wildman–Crippen LogP) is 3.70. The van der Waals surface area contributed by atoms with E-state index < -0.39 is 0 Å². The van der Waals surface area contributed by atoms with Crippen LogP contribution in [0.5, 0.6) is 11.8 Å². The minimum Gasteiger partial charge on any atom is -0.480 e. The van der Waals surface area contributed by atoms with Crippen molar-refractivity contribution in [3.8, 4) is 34.0 Å². The Bertz CT molecular complexity index is 1140. The molecule has 0 amide bonds.